The summed E-state index contributed by atoms with van der Waals surface area (Å²) in [5.41, 5.74) is 2.14. The Hall–Kier alpha value is -2.17. The number of fused-ring (bicyclic) bond motifs is 1. The van der Waals surface area contributed by atoms with Gasteiger partial charge in [0.15, 0.2) is 0 Å². The molecule has 1 N–H and O–H groups in total. The summed E-state index contributed by atoms with van der Waals surface area (Å²) in [6.07, 6.45) is 8.39. The van der Waals surface area contributed by atoms with Crippen LogP contribution in [-0.4, -0.2) is 26.7 Å². The number of carbonyl (C=O) groups is 1. The topological polar surface area (TPSA) is 59.8 Å². The molecular weight excluding hydrogens is 312 g/mol. The van der Waals surface area contributed by atoms with Crippen molar-refractivity contribution in [1.82, 2.24) is 20.1 Å². The number of benzene rings is 1. The predicted octanol–water partition coefficient (Wildman–Crippen LogP) is 3.38. The third kappa shape index (κ3) is 3.46. The molecule has 0 radical (unpaired) electrons. The lowest BCUT2D eigenvalue weighted by atomic mass is 9.84. The lowest BCUT2D eigenvalue weighted by Gasteiger charge is -2.25. The van der Waals surface area contributed by atoms with Gasteiger partial charge in [-0.25, -0.2) is 0 Å². The molecule has 25 heavy (non-hydrogen) atoms. The molecule has 1 amide bonds. The first kappa shape index (κ1) is 16.3. The van der Waals surface area contributed by atoms with E-state index in [4.69, 9.17) is 0 Å². The molecule has 2 aliphatic rings. The second-order valence-electron chi connectivity index (χ2n) is 7.44. The van der Waals surface area contributed by atoms with Gasteiger partial charge in [-0.1, -0.05) is 31.4 Å². The fourth-order valence-corrected chi connectivity index (χ4v) is 4.19. The zero-order valence-corrected chi connectivity index (χ0v) is 14.9. The van der Waals surface area contributed by atoms with Crippen molar-refractivity contribution in [2.45, 2.75) is 70.4 Å². The zero-order chi connectivity index (χ0) is 17.2. The minimum atomic E-state index is 0.0226. The van der Waals surface area contributed by atoms with Crippen LogP contribution >= 0.6 is 0 Å². The van der Waals surface area contributed by atoms with Gasteiger partial charge in [-0.15, -0.1) is 10.2 Å². The minimum absolute atomic E-state index is 0.0226. The highest BCUT2D eigenvalue weighted by Gasteiger charge is 2.23. The number of nitrogens with zero attached hydrogens (tertiary/aromatic N) is 3. The Morgan fingerprint density at radius 2 is 1.84 bits per heavy atom. The maximum absolute atomic E-state index is 12.6. The molecule has 0 bridgehead atoms. The van der Waals surface area contributed by atoms with Crippen molar-refractivity contribution in [2.24, 2.45) is 0 Å². The number of aryl methyl sites for hydroxylation is 2. The van der Waals surface area contributed by atoms with E-state index in [1.165, 1.54) is 37.7 Å². The van der Waals surface area contributed by atoms with Crippen LogP contribution in [0.25, 0.3) is 0 Å². The van der Waals surface area contributed by atoms with Crippen LogP contribution in [0.5, 0.6) is 0 Å². The lowest BCUT2D eigenvalue weighted by molar-refractivity contribution is 0.0927. The van der Waals surface area contributed by atoms with Crippen molar-refractivity contribution >= 4 is 5.91 Å². The molecular formula is C20H26N4O. The Morgan fingerprint density at radius 3 is 2.60 bits per heavy atom. The van der Waals surface area contributed by atoms with Crippen LogP contribution in [0.4, 0.5) is 0 Å². The first-order valence-corrected chi connectivity index (χ1v) is 9.50. The van der Waals surface area contributed by atoms with Crippen LogP contribution in [0, 0.1) is 6.92 Å². The summed E-state index contributed by atoms with van der Waals surface area (Å²) >= 11 is 0. The second-order valence-corrected chi connectivity index (χ2v) is 7.44. The van der Waals surface area contributed by atoms with Crippen molar-refractivity contribution in [3.8, 4) is 0 Å². The molecule has 1 aromatic carbocycles. The number of aromatic nitrogens is 3. The summed E-state index contributed by atoms with van der Waals surface area (Å²) in [6.45, 7) is 2.73. The third-order valence-corrected chi connectivity index (χ3v) is 5.72. The number of rotatable bonds is 3. The van der Waals surface area contributed by atoms with E-state index in [2.05, 4.69) is 32.2 Å². The summed E-state index contributed by atoms with van der Waals surface area (Å²) in [4.78, 5) is 12.6. The molecule has 1 aliphatic carbocycles. The van der Waals surface area contributed by atoms with Gasteiger partial charge in [0.25, 0.3) is 5.91 Å². The average molecular weight is 338 g/mol. The van der Waals surface area contributed by atoms with Gasteiger partial charge in [0.2, 0.25) is 0 Å². The molecule has 1 aliphatic heterocycles. The van der Waals surface area contributed by atoms with Crippen LogP contribution in [0.3, 0.4) is 0 Å². The summed E-state index contributed by atoms with van der Waals surface area (Å²) < 4.78 is 2.11. The lowest BCUT2D eigenvalue weighted by Crippen LogP contribution is -2.41. The molecule has 1 aromatic heterocycles. The van der Waals surface area contributed by atoms with Crippen LogP contribution in [0.2, 0.25) is 0 Å². The highest BCUT2D eigenvalue weighted by molar-refractivity contribution is 5.94. The number of nitrogens with one attached hydrogen (secondary N) is 1. The Morgan fingerprint density at radius 1 is 1.08 bits per heavy atom. The Balaban J connectivity index is 1.39. The normalized spacial score (nSPS) is 20.9. The predicted molar refractivity (Wildman–Crippen MR) is 96.6 cm³/mol. The molecule has 132 valence electrons. The van der Waals surface area contributed by atoms with E-state index in [0.717, 1.165) is 36.6 Å². The highest BCUT2D eigenvalue weighted by Crippen LogP contribution is 2.32. The summed E-state index contributed by atoms with van der Waals surface area (Å²) in [5.74, 6) is 2.65. The third-order valence-electron chi connectivity index (χ3n) is 5.72. The van der Waals surface area contributed by atoms with Crippen molar-refractivity contribution in [1.29, 1.82) is 0 Å². The number of carbonyl (C=O) groups excluding carboxylic acids is 1. The van der Waals surface area contributed by atoms with Crippen LogP contribution in [0.1, 0.15) is 72.0 Å². The van der Waals surface area contributed by atoms with Crippen molar-refractivity contribution in [3.05, 3.63) is 47.0 Å². The van der Waals surface area contributed by atoms with Gasteiger partial charge in [-0.05, 0) is 49.8 Å². The molecule has 0 spiro atoms. The van der Waals surface area contributed by atoms with E-state index in [-0.39, 0.29) is 11.9 Å². The summed E-state index contributed by atoms with van der Waals surface area (Å²) in [5, 5.41) is 11.5. The standard InChI is InChI=1S/C20H26N4O/c1-14-22-23-19-12-11-18(13-24(14)19)21-20(25)17-9-7-16(8-10-17)15-5-3-2-4-6-15/h7-10,15,18H,2-6,11-13H2,1H3,(H,21,25). The van der Waals surface area contributed by atoms with E-state index in [9.17, 15) is 4.79 Å². The average Bonchev–Trinajstić information content (AvgIpc) is 3.03. The number of amides is 1. The van der Waals surface area contributed by atoms with Gasteiger partial charge in [-0.2, -0.15) is 0 Å². The Labute approximate surface area is 148 Å². The first-order valence-electron chi connectivity index (χ1n) is 9.50. The van der Waals surface area contributed by atoms with Gasteiger partial charge in [-0.3, -0.25) is 4.79 Å². The molecule has 5 heteroatoms. The summed E-state index contributed by atoms with van der Waals surface area (Å²) in [7, 11) is 0. The van der Waals surface area contributed by atoms with E-state index in [1.807, 2.05) is 19.1 Å². The fraction of sp³-hybridized carbons (Fsp3) is 0.550. The summed E-state index contributed by atoms with van der Waals surface area (Å²) in [6, 6.07) is 8.41. The maximum Gasteiger partial charge on any atom is 0.251 e. The molecule has 1 unspecified atom stereocenters. The Bertz CT molecular complexity index is 744. The van der Waals surface area contributed by atoms with E-state index < -0.39 is 0 Å². The molecule has 0 saturated heterocycles. The Kier molecular flexibility index (Phi) is 4.55. The molecule has 1 saturated carbocycles. The van der Waals surface area contributed by atoms with Crippen LogP contribution < -0.4 is 5.32 Å². The van der Waals surface area contributed by atoms with E-state index in [1.54, 1.807) is 0 Å². The van der Waals surface area contributed by atoms with Crippen LogP contribution in [0.15, 0.2) is 24.3 Å². The molecule has 2 aromatic rings. The fourth-order valence-electron chi connectivity index (χ4n) is 4.19. The SMILES string of the molecule is Cc1nnc2n1CC(NC(=O)c1ccc(C3CCCCC3)cc1)CC2. The monoisotopic (exact) mass is 338 g/mol. The molecule has 1 fully saturated rings. The molecule has 2 heterocycles. The zero-order valence-electron chi connectivity index (χ0n) is 14.9. The molecule has 4 rings (SSSR count). The maximum atomic E-state index is 12.6. The molecule has 1 atom stereocenters. The van der Waals surface area contributed by atoms with Crippen molar-refractivity contribution in [3.63, 3.8) is 0 Å². The minimum Gasteiger partial charge on any atom is -0.347 e. The number of hydrogen-bond donors (Lipinski definition) is 1. The quantitative estimate of drug-likeness (QED) is 0.933. The first-order chi connectivity index (χ1) is 12.2. The number of hydrogen-bond acceptors (Lipinski definition) is 3. The largest absolute Gasteiger partial charge is 0.347 e. The van der Waals surface area contributed by atoms with Crippen LogP contribution in [-0.2, 0) is 13.0 Å². The van der Waals surface area contributed by atoms with Gasteiger partial charge >= 0.3 is 0 Å². The molecule has 5 nitrogen and oxygen atoms in total. The van der Waals surface area contributed by atoms with Crippen molar-refractivity contribution < 1.29 is 4.79 Å². The van der Waals surface area contributed by atoms with E-state index >= 15 is 0 Å². The van der Waals surface area contributed by atoms with Gasteiger partial charge in [0.1, 0.15) is 11.6 Å². The smallest absolute Gasteiger partial charge is 0.251 e. The second kappa shape index (κ2) is 6.98. The highest BCUT2D eigenvalue weighted by atomic mass is 16.1. The van der Waals surface area contributed by atoms with Crippen molar-refractivity contribution in [2.75, 3.05) is 0 Å². The van der Waals surface area contributed by atoms with E-state index in [0.29, 0.717) is 5.92 Å². The van der Waals surface area contributed by atoms with Gasteiger partial charge in [0.05, 0.1) is 0 Å². The van der Waals surface area contributed by atoms with Gasteiger partial charge in [0, 0.05) is 24.6 Å². The van der Waals surface area contributed by atoms with Gasteiger partial charge < -0.3 is 9.88 Å².